The lowest BCUT2D eigenvalue weighted by Crippen LogP contribution is -2.31. The number of unbranched alkanes of at least 4 members (excludes halogenated alkanes) is 1. The van der Waals surface area contributed by atoms with Crippen LogP contribution in [0.15, 0.2) is 45.8 Å². The van der Waals surface area contributed by atoms with Crippen LogP contribution in [-0.2, 0) is 10.0 Å². The van der Waals surface area contributed by atoms with Gasteiger partial charge in [-0.25, -0.2) is 8.42 Å². The van der Waals surface area contributed by atoms with E-state index in [0.29, 0.717) is 34.6 Å². The van der Waals surface area contributed by atoms with Crippen molar-refractivity contribution in [1.82, 2.24) is 14.4 Å². The molecule has 0 radical (unpaired) electrons. The number of hydrogen-bond donors (Lipinski definition) is 0. The van der Waals surface area contributed by atoms with Crippen LogP contribution in [0.25, 0.3) is 22.2 Å². The van der Waals surface area contributed by atoms with Crippen molar-refractivity contribution in [2.24, 2.45) is 0 Å². The maximum absolute atomic E-state index is 13.0. The third-order valence-corrected chi connectivity index (χ3v) is 7.54. The molecule has 3 aromatic rings. The number of rotatable bonds is 8. The van der Waals surface area contributed by atoms with Crippen molar-refractivity contribution < 1.29 is 12.9 Å². The van der Waals surface area contributed by atoms with Gasteiger partial charge in [0, 0.05) is 23.5 Å². The fraction of sp³-hybridized carbons (Fsp3) is 0.368. The van der Waals surface area contributed by atoms with Crippen LogP contribution in [0.3, 0.4) is 0 Å². The normalized spacial score (nSPS) is 12.0. The van der Waals surface area contributed by atoms with Crippen LogP contribution in [0.1, 0.15) is 31.6 Å². The number of hydrogen-bond acceptors (Lipinski definition) is 6. The highest BCUT2D eigenvalue weighted by atomic mass is 32.2. The molecule has 0 bridgehead atoms. The molecule has 8 heteroatoms. The van der Waals surface area contributed by atoms with E-state index in [1.165, 1.54) is 15.6 Å². The molecule has 0 saturated carbocycles. The first kappa shape index (κ1) is 19.7. The van der Waals surface area contributed by atoms with Crippen molar-refractivity contribution in [3.63, 3.8) is 0 Å². The van der Waals surface area contributed by atoms with Gasteiger partial charge in [-0.3, -0.25) is 0 Å². The number of aromatic nitrogens is 2. The van der Waals surface area contributed by atoms with E-state index in [-0.39, 0.29) is 0 Å². The monoisotopic (exact) mass is 405 g/mol. The van der Waals surface area contributed by atoms with E-state index in [1.807, 2.05) is 51.1 Å². The first-order chi connectivity index (χ1) is 13.0. The molecule has 2 heterocycles. The minimum Gasteiger partial charge on any atom is -0.333 e. The van der Waals surface area contributed by atoms with E-state index in [4.69, 9.17) is 4.52 Å². The molecule has 27 heavy (non-hydrogen) atoms. The van der Waals surface area contributed by atoms with Crippen LogP contribution >= 0.6 is 11.3 Å². The molecular formula is C19H23N3O3S2. The van der Waals surface area contributed by atoms with Gasteiger partial charge in [-0.05, 0) is 19.4 Å². The largest absolute Gasteiger partial charge is 0.333 e. The molecule has 0 N–H and O–H groups in total. The van der Waals surface area contributed by atoms with Gasteiger partial charge in [0.15, 0.2) is 0 Å². The summed E-state index contributed by atoms with van der Waals surface area (Å²) in [5.41, 5.74) is 0.852. The Labute approximate surface area is 163 Å². The average molecular weight is 406 g/mol. The highest BCUT2D eigenvalue weighted by Gasteiger charge is 2.27. The van der Waals surface area contributed by atoms with Gasteiger partial charge in [0.05, 0.1) is 9.77 Å². The van der Waals surface area contributed by atoms with Crippen molar-refractivity contribution in [1.29, 1.82) is 0 Å². The van der Waals surface area contributed by atoms with Crippen molar-refractivity contribution >= 4 is 21.4 Å². The molecular weight excluding hydrogens is 382 g/mol. The molecule has 0 fully saturated rings. The van der Waals surface area contributed by atoms with E-state index in [9.17, 15) is 8.42 Å². The van der Waals surface area contributed by atoms with E-state index < -0.39 is 10.0 Å². The Balaban J connectivity index is 1.92. The third-order valence-electron chi connectivity index (χ3n) is 4.27. The highest BCUT2D eigenvalue weighted by molar-refractivity contribution is 7.89. The van der Waals surface area contributed by atoms with E-state index in [2.05, 4.69) is 10.1 Å². The van der Waals surface area contributed by atoms with Gasteiger partial charge in [-0.2, -0.15) is 9.29 Å². The maximum atomic E-state index is 13.0. The number of thiophene rings is 1. The summed E-state index contributed by atoms with van der Waals surface area (Å²) in [5.74, 6) is 0.819. The van der Waals surface area contributed by atoms with Crippen LogP contribution in [0, 0.1) is 6.92 Å². The summed E-state index contributed by atoms with van der Waals surface area (Å²) >= 11 is 1.35. The Hall–Kier alpha value is -2.03. The molecule has 0 aliphatic carbocycles. The Morgan fingerprint density at radius 1 is 1.19 bits per heavy atom. The van der Waals surface area contributed by atoms with Crippen molar-refractivity contribution in [2.75, 3.05) is 13.1 Å². The third kappa shape index (κ3) is 4.12. The lowest BCUT2D eigenvalue weighted by molar-refractivity contribution is 0.419. The second-order valence-electron chi connectivity index (χ2n) is 6.17. The zero-order chi connectivity index (χ0) is 19.4. The number of nitrogens with zero attached hydrogens (tertiary/aromatic N) is 3. The van der Waals surface area contributed by atoms with Crippen molar-refractivity contribution in [2.45, 2.75) is 38.5 Å². The molecule has 0 unspecified atom stereocenters. The predicted molar refractivity (Wildman–Crippen MR) is 107 cm³/mol. The summed E-state index contributed by atoms with van der Waals surface area (Å²) in [7, 11) is -3.53. The summed E-state index contributed by atoms with van der Waals surface area (Å²) in [4.78, 5) is 6.13. The van der Waals surface area contributed by atoms with Crippen LogP contribution in [0.5, 0.6) is 0 Å². The van der Waals surface area contributed by atoms with Gasteiger partial charge < -0.3 is 4.52 Å². The van der Waals surface area contributed by atoms with Gasteiger partial charge >= 0.3 is 0 Å². The van der Waals surface area contributed by atoms with E-state index >= 15 is 0 Å². The average Bonchev–Trinajstić information content (AvgIpc) is 3.30. The minimum atomic E-state index is -3.53. The van der Waals surface area contributed by atoms with Crippen LogP contribution in [0.4, 0.5) is 0 Å². The quantitative estimate of drug-likeness (QED) is 0.548. The number of aryl methyl sites for hydroxylation is 1. The lowest BCUT2D eigenvalue weighted by atomic mass is 10.2. The van der Waals surface area contributed by atoms with E-state index in [0.717, 1.165) is 23.3 Å². The summed E-state index contributed by atoms with van der Waals surface area (Å²) in [6, 6.07) is 11.2. The first-order valence-electron chi connectivity index (χ1n) is 8.97. The van der Waals surface area contributed by atoms with Crippen LogP contribution in [0.2, 0.25) is 0 Å². The van der Waals surface area contributed by atoms with Gasteiger partial charge in [-0.15, -0.1) is 11.3 Å². The van der Waals surface area contributed by atoms with Crippen molar-refractivity contribution in [3.05, 3.63) is 41.3 Å². The molecule has 6 nitrogen and oxygen atoms in total. The van der Waals surface area contributed by atoms with Crippen molar-refractivity contribution in [3.8, 4) is 22.2 Å². The molecule has 1 aromatic carbocycles. The number of sulfonamides is 1. The molecule has 0 amide bonds. The van der Waals surface area contributed by atoms with Crippen LogP contribution in [-0.4, -0.2) is 36.0 Å². The summed E-state index contributed by atoms with van der Waals surface area (Å²) in [6.07, 6.45) is 1.79. The molecule has 2 aromatic heterocycles. The number of benzene rings is 1. The van der Waals surface area contributed by atoms with Crippen LogP contribution < -0.4 is 0 Å². The predicted octanol–water partition coefficient (Wildman–Crippen LogP) is 4.58. The van der Waals surface area contributed by atoms with Gasteiger partial charge in [-0.1, -0.05) is 55.8 Å². The standard InChI is InChI=1S/C19H23N3O3S2/c1-4-6-12-22(5-2)27(23,24)17-13-16(26-14(17)3)19-20-18(21-25-19)15-10-8-7-9-11-15/h7-11,13H,4-6,12H2,1-3H3. The molecule has 0 atom stereocenters. The molecule has 3 rings (SSSR count). The SMILES string of the molecule is CCCCN(CC)S(=O)(=O)c1cc(-c2nc(-c3ccccc3)no2)sc1C. The van der Waals surface area contributed by atoms with Gasteiger partial charge in [0.1, 0.15) is 0 Å². The molecule has 0 saturated heterocycles. The Morgan fingerprint density at radius 2 is 1.93 bits per heavy atom. The topological polar surface area (TPSA) is 76.3 Å². The molecule has 0 aliphatic heterocycles. The second-order valence-corrected chi connectivity index (χ2v) is 9.33. The zero-order valence-corrected chi connectivity index (χ0v) is 17.3. The lowest BCUT2D eigenvalue weighted by Gasteiger charge is -2.19. The van der Waals surface area contributed by atoms with Gasteiger partial charge in [0.25, 0.3) is 5.89 Å². The Bertz CT molecular complexity index is 994. The molecule has 0 aliphatic rings. The first-order valence-corrected chi connectivity index (χ1v) is 11.2. The fourth-order valence-corrected chi connectivity index (χ4v) is 5.75. The fourth-order valence-electron chi connectivity index (χ4n) is 2.78. The Morgan fingerprint density at radius 3 is 2.59 bits per heavy atom. The smallest absolute Gasteiger partial charge is 0.268 e. The summed E-state index contributed by atoms with van der Waals surface area (Å²) < 4.78 is 33.0. The molecule has 144 valence electrons. The zero-order valence-electron chi connectivity index (χ0n) is 15.7. The highest BCUT2D eigenvalue weighted by Crippen LogP contribution is 2.35. The van der Waals surface area contributed by atoms with E-state index in [1.54, 1.807) is 6.07 Å². The second kappa shape index (κ2) is 8.33. The summed E-state index contributed by atoms with van der Waals surface area (Å²) in [5, 5.41) is 4.02. The Kier molecular flexibility index (Phi) is 6.08. The maximum Gasteiger partial charge on any atom is 0.268 e. The van der Waals surface area contributed by atoms with Gasteiger partial charge in [0.2, 0.25) is 15.8 Å². The minimum absolute atomic E-state index is 0.319. The molecule has 0 spiro atoms. The summed E-state index contributed by atoms with van der Waals surface area (Å²) in [6.45, 7) is 6.70.